The molecule has 0 spiro atoms. The predicted molar refractivity (Wildman–Crippen MR) is 102 cm³/mol. The van der Waals surface area contributed by atoms with Crippen LogP contribution in [0.2, 0.25) is 5.02 Å². The number of aromatic nitrogens is 2. The standard InChI is InChI=1S/C18H16ClN3O3S/c19-14-4-2-1-3-13(14)17-21-15-6-5-12(9-16(15)22-17)20-18(23)11-7-8-26(24,25)10-11/h1-6,9,11H,7-8,10H2,(H,20,23)(H,21,22). The van der Waals surface area contributed by atoms with Crippen molar-refractivity contribution in [3.05, 3.63) is 47.5 Å². The number of aromatic amines is 1. The Morgan fingerprint density at radius 1 is 1.23 bits per heavy atom. The highest BCUT2D eigenvalue weighted by molar-refractivity contribution is 7.91. The van der Waals surface area contributed by atoms with E-state index in [1.165, 1.54) is 0 Å². The molecule has 8 heteroatoms. The number of anilines is 1. The fourth-order valence-electron chi connectivity index (χ4n) is 3.11. The quantitative estimate of drug-likeness (QED) is 0.719. The number of rotatable bonds is 3. The second-order valence-corrected chi connectivity index (χ2v) is 9.02. The van der Waals surface area contributed by atoms with E-state index in [9.17, 15) is 13.2 Å². The van der Waals surface area contributed by atoms with E-state index >= 15 is 0 Å². The zero-order chi connectivity index (χ0) is 18.3. The summed E-state index contributed by atoms with van der Waals surface area (Å²) < 4.78 is 23.1. The van der Waals surface area contributed by atoms with Gasteiger partial charge in [0.05, 0.1) is 33.5 Å². The first kappa shape index (κ1) is 17.1. The molecule has 6 nitrogen and oxygen atoms in total. The Bertz CT molecular complexity index is 1110. The van der Waals surface area contributed by atoms with Gasteiger partial charge in [-0.25, -0.2) is 13.4 Å². The number of carbonyl (C=O) groups is 1. The lowest BCUT2D eigenvalue weighted by atomic mass is 10.1. The molecule has 1 saturated heterocycles. The number of nitrogens with one attached hydrogen (secondary N) is 2. The number of sulfone groups is 1. The normalized spacial score (nSPS) is 18.9. The van der Waals surface area contributed by atoms with E-state index in [0.717, 1.165) is 16.6 Å². The summed E-state index contributed by atoms with van der Waals surface area (Å²) in [6.45, 7) is 0. The third-order valence-electron chi connectivity index (χ3n) is 4.48. The largest absolute Gasteiger partial charge is 0.338 e. The molecule has 134 valence electrons. The maximum Gasteiger partial charge on any atom is 0.228 e. The Labute approximate surface area is 155 Å². The van der Waals surface area contributed by atoms with Gasteiger partial charge in [-0.05, 0) is 36.8 Å². The zero-order valence-corrected chi connectivity index (χ0v) is 15.3. The Kier molecular flexibility index (Phi) is 4.20. The van der Waals surface area contributed by atoms with Gasteiger partial charge in [0, 0.05) is 11.3 Å². The topological polar surface area (TPSA) is 91.9 Å². The molecule has 1 atom stereocenters. The van der Waals surface area contributed by atoms with Crippen molar-refractivity contribution in [2.75, 3.05) is 16.8 Å². The van der Waals surface area contributed by atoms with Gasteiger partial charge in [0.1, 0.15) is 5.82 Å². The summed E-state index contributed by atoms with van der Waals surface area (Å²) in [5, 5.41) is 3.40. The number of carbonyl (C=O) groups excluding carboxylic acids is 1. The molecule has 2 N–H and O–H groups in total. The number of nitrogens with zero attached hydrogens (tertiary/aromatic N) is 1. The van der Waals surface area contributed by atoms with E-state index in [4.69, 9.17) is 11.6 Å². The van der Waals surface area contributed by atoms with Crippen LogP contribution in [0.15, 0.2) is 42.5 Å². The van der Waals surface area contributed by atoms with Gasteiger partial charge >= 0.3 is 0 Å². The Balaban J connectivity index is 1.58. The number of hydrogen-bond acceptors (Lipinski definition) is 4. The van der Waals surface area contributed by atoms with Crippen molar-refractivity contribution in [1.82, 2.24) is 9.97 Å². The van der Waals surface area contributed by atoms with Crippen LogP contribution in [-0.2, 0) is 14.6 Å². The lowest BCUT2D eigenvalue weighted by Crippen LogP contribution is -2.23. The van der Waals surface area contributed by atoms with Crippen LogP contribution in [0.5, 0.6) is 0 Å². The van der Waals surface area contributed by atoms with E-state index in [1.54, 1.807) is 24.3 Å². The number of hydrogen-bond donors (Lipinski definition) is 2. The maximum absolute atomic E-state index is 12.3. The first-order chi connectivity index (χ1) is 12.4. The Hall–Kier alpha value is -2.38. The van der Waals surface area contributed by atoms with Gasteiger partial charge in [-0.3, -0.25) is 4.79 Å². The van der Waals surface area contributed by atoms with E-state index < -0.39 is 15.8 Å². The number of fused-ring (bicyclic) bond motifs is 1. The summed E-state index contributed by atoms with van der Waals surface area (Å²) in [7, 11) is -3.09. The molecule has 0 radical (unpaired) electrons. The van der Waals surface area contributed by atoms with Crippen LogP contribution in [-0.4, -0.2) is 35.8 Å². The molecular weight excluding hydrogens is 374 g/mol. The van der Waals surface area contributed by atoms with Gasteiger partial charge in [0.2, 0.25) is 5.91 Å². The second-order valence-electron chi connectivity index (χ2n) is 6.39. The SMILES string of the molecule is O=C(Nc1ccc2nc(-c3ccccc3Cl)[nH]c2c1)C1CCS(=O)(=O)C1. The van der Waals surface area contributed by atoms with Gasteiger partial charge in [-0.15, -0.1) is 0 Å². The molecule has 2 heterocycles. The third-order valence-corrected chi connectivity index (χ3v) is 6.58. The molecule has 26 heavy (non-hydrogen) atoms. The third kappa shape index (κ3) is 3.32. The monoisotopic (exact) mass is 389 g/mol. The van der Waals surface area contributed by atoms with Gasteiger partial charge < -0.3 is 10.3 Å². The highest BCUT2D eigenvalue weighted by Crippen LogP contribution is 2.28. The Morgan fingerprint density at radius 3 is 2.77 bits per heavy atom. The molecule has 1 aliphatic rings. The van der Waals surface area contributed by atoms with Crippen molar-refractivity contribution >= 4 is 44.1 Å². The van der Waals surface area contributed by atoms with Crippen LogP contribution in [0.4, 0.5) is 5.69 Å². The van der Waals surface area contributed by atoms with Gasteiger partial charge in [-0.1, -0.05) is 23.7 Å². The van der Waals surface area contributed by atoms with E-state index in [2.05, 4.69) is 15.3 Å². The van der Waals surface area contributed by atoms with Crippen molar-refractivity contribution in [2.45, 2.75) is 6.42 Å². The van der Waals surface area contributed by atoms with E-state index in [0.29, 0.717) is 23.0 Å². The minimum Gasteiger partial charge on any atom is -0.338 e. The zero-order valence-electron chi connectivity index (χ0n) is 13.7. The lowest BCUT2D eigenvalue weighted by molar-refractivity contribution is -0.119. The van der Waals surface area contributed by atoms with Crippen molar-refractivity contribution < 1.29 is 13.2 Å². The van der Waals surface area contributed by atoms with Crippen molar-refractivity contribution in [2.24, 2.45) is 5.92 Å². The number of benzene rings is 2. The molecule has 0 saturated carbocycles. The van der Waals surface area contributed by atoms with Gasteiger partial charge in [0.25, 0.3) is 0 Å². The van der Waals surface area contributed by atoms with Crippen molar-refractivity contribution in [3.8, 4) is 11.4 Å². The minimum absolute atomic E-state index is 0.0753. The second kappa shape index (κ2) is 6.41. The van der Waals surface area contributed by atoms with Crippen molar-refractivity contribution in [1.29, 1.82) is 0 Å². The lowest BCUT2D eigenvalue weighted by Gasteiger charge is -2.09. The highest BCUT2D eigenvalue weighted by Gasteiger charge is 2.32. The Morgan fingerprint density at radius 2 is 2.04 bits per heavy atom. The summed E-state index contributed by atoms with van der Waals surface area (Å²) in [4.78, 5) is 20.0. The number of amides is 1. The first-order valence-corrected chi connectivity index (χ1v) is 10.4. The summed E-state index contributed by atoms with van der Waals surface area (Å²) in [6.07, 6.45) is 0.372. The maximum atomic E-state index is 12.3. The van der Waals surface area contributed by atoms with Gasteiger partial charge in [-0.2, -0.15) is 0 Å². The molecule has 0 aliphatic carbocycles. The fourth-order valence-corrected chi connectivity index (χ4v) is 5.08. The molecule has 4 rings (SSSR count). The molecule has 1 aromatic heterocycles. The average Bonchev–Trinajstić information content (AvgIpc) is 3.17. The molecular formula is C18H16ClN3O3S. The van der Waals surface area contributed by atoms with Crippen LogP contribution in [0.25, 0.3) is 22.4 Å². The highest BCUT2D eigenvalue weighted by atomic mass is 35.5. The predicted octanol–water partition coefficient (Wildman–Crippen LogP) is 3.26. The molecule has 1 aliphatic heterocycles. The molecule has 2 aromatic carbocycles. The van der Waals surface area contributed by atoms with Crippen LogP contribution < -0.4 is 5.32 Å². The van der Waals surface area contributed by atoms with Gasteiger partial charge in [0.15, 0.2) is 9.84 Å². The smallest absolute Gasteiger partial charge is 0.228 e. The first-order valence-electron chi connectivity index (χ1n) is 8.17. The fraction of sp³-hybridized carbons (Fsp3) is 0.222. The minimum atomic E-state index is -3.09. The average molecular weight is 390 g/mol. The van der Waals surface area contributed by atoms with Crippen LogP contribution in [0.3, 0.4) is 0 Å². The molecule has 1 unspecified atom stereocenters. The van der Waals surface area contributed by atoms with Crippen molar-refractivity contribution in [3.63, 3.8) is 0 Å². The van der Waals surface area contributed by atoms with Crippen LogP contribution in [0, 0.1) is 5.92 Å². The number of halogens is 1. The summed E-state index contributed by atoms with van der Waals surface area (Å²) in [6, 6.07) is 12.7. The number of imidazole rings is 1. The molecule has 0 bridgehead atoms. The van der Waals surface area contributed by atoms with Crippen LogP contribution >= 0.6 is 11.6 Å². The molecule has 3 aromatic rings. The molecule has 1 amide bonds. The molecule has 1 fully saturated rings. The van der Waals surface area contributed by atoms with E-state index in [-0.39, 0.29) is 17.4 Å². The van der Waals surface area contributed by atoms with Crippen LogP contribution in [0.1, 0.15) is 6.42 Å². The van der Waals surface area contributed by atoms with E-state index in [1.807, 2.05) is 18.2 Å². The summed E-state index contributed by atoms with van der Waals surface area (Å²) in [5.74, 6) is -0.114. The summed E-state index contributed by atoms with van der Waals surface area (Å²) in [5.41, 5.74) is 2.91. The number of H-pyrrole nitrogens is 1. The summed E-state index contributed by atoms with van der Waals surface area (Å²) >= 11 is 6.22.